The molecule has 3 nitrogen and oxygen atoms in total. The topological polar surface area (TPSA) is 37.9 Å². The molecule has 0 saturated carbocycles. The van der Waals surface area contributed by atoms with Crippen molar-refractivity contribution >= 4 is 27.0 Å². The fourth-order valence-corrected chi connectivity index (χ4v) is 3.29. The molecule has 1 aromatic heterocycles. The molecular formula is C21H16BrFN2O. The molecular weight excluding hydrogens is 395 g/mol. The molecule has 130 valence electrons. The minimum Gasteiger partial charge on any atom is -0.489 e. The minimum absolute atomic E-state index is 0.336. The van der Waals surface area contributed by atoms with Gasteiger partial charge in [0.25, 0.3) is 0 Å². The summed E-state index contributed by atoms with van der Waals surface area (Å²) in [6.45, 7) is 0.522. The third-order valence-corrected chi connectivity index (χ3v) is 4.53. The lowest BCUT2D eigenvalue weighted by atomic mass is 10.1. The van der Waals surface area contributed by atoms with Crippen molar-refractivity contribution in [2.75, 3.05) is 0 Å². The number of rotatable bonds is 5. The molecule has 0 aliphatic carbocycles. The maximum absolute atomic E-state index is 14.0. The van der Waals surface area contributed by atoms with Crippen molar-refractivity contribution in [1.82, 2.24) is 9.97 Å². The molecule has 4 aromatic rings. The van der Waals surface area contributed by atoms with Gasteiger partial charge < -0.3 is 9.72 Å². The first-order valence-corrected chi connectivity index (χ1v) is 9.06. The van der Waals surface area contributed by atoms with Crippen molar-refractivity contribution in [3.63, 3.8) is 0 Å². The summed E-state index contributed by atoms with van der Waals surface area (Å²) in [6.07, 6.45) is 0.578. The van der Waals surface area contributed by atoms with Crippen LogP contribution in [0.4, 0.5) is 4.39 Å². The molecule has 0 fully saturated rings. The van der Waals surface area contributed by atoms with Crippen LogP contribution in [0.3, 0.4) is 0 Å². The van der Waals surface area contributed by atoms with Crippen LogP contribution < -0.4 is 4.74 Å². The van der Waals surface area contributed by atoms with Crippen LogP contribution in [0.5, 0.6) is 5.75 Å². The monoisotopic (exact) mass is 410 g/mol. The number of H-pyrrole nitrogens is 1. The molecule has 1 heterocycles. The lowest BCUT2D eigenvalue weighted by Crippen LogP contribution is -1.96. The molecule has 5 heteroatoms. The number of imidazole rings is 1. The number of hydrogen-bond donors (Lipinski definition) is 1. The molecule has 4 rings (SSSR count). The van der Waals surface area contributed by atoms with E-state index in [1.165, 1.54) is 6.07 Å². The highest BCUT2D eigenvalue weighted by atomic mass is 79.9. The van der Waals surface area contributed by atoms with Gasteiger partial charge >= 0.3 is 0 Å². The van der Waals surface area contributed by atoms with Crippen molar-refractivity contribution in [3.05, 3.63) is 94.0 Å². The largest absolute Gasteiger partial charge is 0.489 e. The summed E-state index contributed by atoms with van der Waals surface area (Å²) in [5, 5.41) is 0. The second kappa shape index (κ2) is 7.30. The first kappa shape index (κ1) is 16.8. The number of nitrogens with zero attached hydrogens (tertiary/aromatic N) is 1. The van der Waals surface area contributed by atoms with Gasteiger partial charge in [-0.05, 0) is 35.4 Å². The highest BCUT2D eigenvalue weighted by molar-refractivity contribution is 9.10. The summed E-state index contributed by atoms with van der Waals surface area (Å²) in [7, 11) is 0. The fraction of sp³-hybridized carbons (Fsp3) is 0.0952. The average Bonchev–Trinajstić information content (AvgIpc) is 3.04. The number of benzene rings is 3. The first-order chi connectivity index (χ1) is 12.7. The van der Waals surface area contributed by atoms with E-state index in [4.69, 9.17) is 4.74 Å². The van der Waals surface area contributed by atoms with Crippen LogP contribution in [0.2, 0.25) is 0 Å². The van der Waals surface area contributed by atoms with E-state index in [0.29, 0.717) is 28.5 Å². The summed E-state index contributed by atoms with van der Waals surface area (Å²) in [4.78, 5) is 7.56. The van der Waals surface area contributed by atoms with Gasteiger partial charge in [0.2, 0.25) is 0 Å². The number of halogens is 2. The van der Waals surface area contributed by atoms with E-state index in [1.807, 2.05) is 60.7 Å². The highest BCUT2D eigenvalue weighted by Crippen LogP contribution is 2.23. The smallest absolute Gasteiger partial charge is 0.152 e. The van der Waals surface area contributed by atoms with Gasteiger partial charge in [0.05, 0.1) is 5.52 Å². The van der Waals surface area contributed by atoms with E-state index in [1.54, 1.807) is 0 Å². The van der Waals surface area contributed by atoms with Gasteiger partial charge in [-0.1, -0.05) is 58.4 Å². The molecule has 3 aromatic carbocycles. The summed E-state index contributed by atoms with van der Waals surface area (Å²) in [6, 6.07) is 21.2. The van der Waals surface area contributed by atoms with Gasteiger partial charge in [0.1, 0.15) is 23.7 Å². The highest BCUT2D eigenvalue weighted by Gasteiger charge is 2.10. The number of fused-ring (bicyclic) bond motifs is 1. The van der Waals surface area contributed by atoms with E-state index < -0.39 is 0 Å². The fourth-order valence-electron chi connectivity index (χ4n) is 2.86. The van der Waals surface area contributed by atoms with E-state index in [9.17, 15) is 4.39 Å². The SMILES string of the molecule is Fc1cc(Br)cc2[nH]c(Cc3cccc(OCc4ccccc4)c3)nc12. The van der Waals surface area contributed by atoms with E-state index in [-0.39, 0.29) is 5.82 Å². The Bertz CT molecular complexity index is 1050. The standard InChI is InChI=1S/C21H16BrFN2O/c22-16-11-18(23)21-19(12-16)24-20(25-21)10-15-7-4-8-17(9-15)26-13-14-5-2-1-3-6-14/h1-9,11-12H,10,13H2,(H,24,25). The van der Waals surface area contributed by atoms with Gasteiger partial charge in [-0.15, -0.1) is 0 Å². The van der Waals surface area contributed by atoms with Gasteiger partial charge in [0, 0.05) is 10.9 Å². The number of aromatic amines is 1. The van der Waals surface area contributed by atoms with Gasteiger partial charge in [0.15, 0.2) is 5.82 Å². The zero-order valence-corrected chi connectivity index (χ0v) is 15.5. The molecule has 0 spiro atoms. The Kier molecular flexibility index (Phi) is 4.71. The summed E-state index contributed by atoms with van der Waals surface area (Å²) in [5.74, 6) is 1.19. The second-order valence-corrected chi connectivity index (χ2v) is 6.98. The Morgan fingerprint density at radius 3 is 2.62 bits per heavy atom. The number of aromatic nitrogens is 2. The predicted molar refractivity (Wildman–Crippen MR) is 104 cm³/mol. The van der Waals surface area contributed by atoms with Crippen molar-refractivity contribution in [2.45, 2.75) is 13.0 Å². The summed E-state index contributed by atoms with van der Waals surface area (Å²) < 4.78 is 20.5. The minimum atomic E-state index is -0.336. The lowest BCUT2D eigenvalue weighted by molar-refractivity contribution is 0.306. The first-order valence-electron chi connectivity index (χ1n) is 8.27. The molecule has 0 bridgehead atoms. The van der Waals surface area contributed by atoms with Crippen molar-refractivity contribution in [2.24, 2.45) is 0 Å². The van der Waals surface area contributed by atoms with Crippen LogP contribution in [0.1, 0.15) is 17.0 Å². The molecule has 0 saturated heterocycles. The average molecular weight is 411 g/mol. The Balaban J connectivity index is 1.51. The summed E-state index contributed by atoms with van der Waals surface area (Å²) in [5.41, 5.74) is 3.22. The second-order valence-electron chi connectivity index (χ2n) is 6.07. The summed E-state index contributed by atoms with van der Waals surface area (Å²) >= 11 is 3.30. The Hall–Kier alpha value is -2.66. The van der Waals surface area contributed by atoms with Crippen LogP contribution in [-0.4, -0.2) is 9.97 Å². The zero-order chi connectivity index (χ0) is 17.9. The molecule has 1 N–H and O–H groups in total. The van der Waals surface area contributed by atoms with Crippen molar-refractivity contribution in [1.29, 1.82) is 0 Å². The molecule has 0 atom stereocenters. The predicted octanol–water partition coefficient (Wildman–Crippen LogP) is 5.63. The van der Waals surface area contributed by atoms with Gasteiger partial charge in [-0.2, -0.15) is 0 Å². The lowest BCUT2D eigenvalue weighted by Gasteiger charge is -2.07. The van der Waals surface area contributed by atoms with Crippen LogP contribution in [0, 0.1) is 5.82 Å². The molecule has 0 unspecified atom stereocenters. The third kappa shape index (κ3) is 3.78. The van der Waals surface area contributed by atoms with Crippen molar-refractivity contribution in [3.8, 4) is 5.75 Å². The maximum atomic E-state index is 14.0. The van der Waals surface area contributed by atoms with E-state index in [2.05, 4.69) is 25.9 Å². The Morgan fingerprint density at radius 1 is 0.962 bits per heavy atom. The van der Waals surface area contributed by atoms with E-state index in [0.717, 1.165) is 22.7 Å². The van der Waals surface area contributed by atoms with Crippen LogP contribution in [-0.2, 0) is 13.0 Å². The number of hydrogen-bond acceptors (Lipinski definition) is 2. The van der Waals surface area contributed by atoms with E-state index >= 15 is 0 Å². The molecule has 0 radical (unpaired) electrons. The molecule has 26 heavy (non-hydrogen) atoms. The Labute approximate surface area is 159 Å². The number of nitrogens with one attached hydrogen (secondary N) is 1. The van der Waals surface area contributed by atoms with Crippen LogP contribution in [0.15, 0.2) is 71.2 Å². The van der Waals surface area contributed by atoms with Gasteiger partial charge in [-0.25, -0.2) is 9.37 Å². The van der Waals surface area contributed by atoms with Gasteiger partial charge in [-0.3, -0.25) is 0 Å². The molecule has 0 amide bonds. The van der Waals surface area contributed by atoms with Crippen LogP contribution in [0.25, 0.3) is 11.0 Å². The number of ether oxygens (including phenoxy) is 1. The zero-order valence-electron chi connectivity index (χ0n) is 13.9. The Morgan fingerprint density at radius 2 is 1.77 bits per heavy atom. The third-order valence-electron chi connectivity index (χ3n) is 4.07. The molecule has 0 aliphatic rings. The van der Waals surface area contributed by atoms with Crippen LogP contribution >= 0.6 is 15.9 Å². The molecule has 0 aliphatic heterocycles. The van der Waals surface area contributed by atoms with Crippen molar-refractivity contribution < 1.29 is 9.13 Å². The maximum Gasteiger partial charge on any atom is 0.152 e. The quantitative estimate of drug-likeness (QED) is 0.462. The normalized spacial score (nSPS) is 11.0.